The fraction of sp³-hybridized carbons (Fsp3) is 0.435. The van der Waals surface area contributed by atoms with Gasteiger partial charge in [0.25, 0.3) is 0 Å². The summed E-state index contributed by atoms with van der Waals surface area (Å²) in [5.74, 6) is 1.23. The second kappa shape index (κ2) is 8.45. The third-order valence-corrected chi connectivity index (χ3v) is 5.07. The van der Waals surface area contributed by atoms with E-state index in [0.717, 1.165) is 28.3 Å². The van der Waals surface area contributed by atoms with Crippen LogP contribution in [0.2, 0.25) is 0 Å². The Labute approximate surface area is 183 Å². The summed E-state index contributed by atoms with van der Waals surface area (Å²) >= 11 is 0. The van der Waals surface area contributed by atoms with Crippen molar-refractivity contribution in [2.24, 2.45) is 0 Å². The molecule has 0 fully saturated rings. The average Bonchev–Trinajstić information content (AvgIpc) is 2.69. The molecule has 0 saturated heterocycles. The molecule has 0 N–H and O–H groups in total. The minimum atomic E-state index is -0.647. The van der Waals surface area contributed by atoms with Crippen molar-refractivity contribution in [3.8, 4) is 5.75 Å². The first-order chi connectivity index (χ1) is 14.5. The van der Waals surface area contributed by atoms with Crippen LogP contribution in [-0.4, -0.2) is 48.8 Å². The molecule has 1 aromatic heterocycles. The quantitative estimate of drug-likeness (QED) is 0.727. The second-order valence-electron chi connectivity index (χ2n) is 8.69. The molecule has 0 radical (unpaired) electrons. The molecule has 0 bridgehead atoms. The number of carbonyl (C=O) groups is 2. The first kappa shape index (κ1) is 22.4. The molecule has 0 atom stereocenters. The fourth-order valence-electron chi connectivity index (χ4n) is 3.41. The monoisotopic (exact) mass is 426 g/mol. The number of urea groups is 1. The molecule has 2 heterocycles. The molecule has 2 aromatic rings. The van der Waals surface area contributed by atoms with Gasteiger partial charge in [-0.3, -0.25) is 9.80 Å². The van der Waals surface area contributed by atoms with E-state index >= 15 is 0 Å². The van der Waals surface area contributed by atoms with Crippen LogP contribution in [0.15, 0.2) is 30.3 Å². The zero-order chi connectivity index (χ0) is 22.9. The highest BCUT2D eigenvalue weighted by Crippen LogP contribution is 2.30. The maximum Gasteiger partial charge on any atom is 0.416 e. The van der Waals surface area contributed by atoms with Crippen LogP contribution < -0.4 is 14.5 Å². The molecule has 8 heteroatoms. The van der Waals surface area contributed by atoms with Crippen molar-refractivity contribution in [2.45, 2.75) is 46.4 Å². The van der Waals surface area contributed by atoms with Gasteiger partial charge in [0.1, 0.15) is 17.2 Å². The standard InChI is InChI=1S/C23H30N4O4/c1-15-12-17(30-7)9-8-16(15)13-27(22(29)31-23(2,3)4)20-11-10-19-18(24-20)14-25(5)21(28)26(19)6/h8-12H,13-14H2,1-7H3. The number of aromatic nitrogens is 1. The van der Waals surface area contributed by atoms with Gasteiger partial charge in [0.05, 0.1) is 31.6 Å². The molecule has 8 nitrogen and oxygen atoms in total. The minimum Gasteiger partial charge on any atom is -0.497 e. The highest BCUT2D eigenvalue weighted by molar-refractivity contribution is 5.94. The number of benzene rings is 1. The summed E-state index contributed by atoms with van der Waals surface area (Å²) in [7, 11) is 5.06. The third kappa shape index (κ3) is 4.90. The molecule has 1 aliphatic heterocycles. The lowest BCUT2D eigenvalue weighted by molar-refractivity contribution is 0.0576. The Bertz CT molecular complexity index is 1000. The Morgan fingerprint density at radius 1 is 1.19 bits per heavy atom. The average molecular weight is 427 g/mol. The van der Waals surface area contributed by atoms with Crippen LogP contribution in [0.4, 0.5) is 21.1 Å². The van der Waals surface area contributed by atoms with Crippen LogP contribution in [-0.2, 0) is 17.8 Å². The molecule has 166 valence electrons. The van der Waals surface area contributed by atoms with Crippen molar-refractivity contribution >= 4 is 23.6 Å². The number of carbonyl (C=O) groups excluding carboxylic acids is 2. The number of pyridine rings is 1. The van der Waals surface area contributed by atoms with Crippen LogP contribution in [0.25, 0.3) is 0 Å². The molecular formula is C23H30N4O4. The summed E-state index contributed by atoms with van der Waals surface area (Å²) in [6.07, 6.45) is -0.483. The van der Waals surface area contributed by atoms with Crippen LogP contribution in [0.1, 0.15) is 37.6 Å². The van der Waals surface area contributed by atoms with Crippen molar-refractivity contribution in [3.05, 3.63) is 47.2 Å². The Kier molecular flexibility index (Phi) is 6.10. The molecule has 1 aromatic carbocycles. The topological polar surface area (TPSA) is 75.2 Å². The number of nitrogens with zero attached hydrogens (tertiary/aromatic N) is 4. The molecular weight excluding hydrogens is 396 g/mol. The van der Waals surface area contributed by atoms with E-state index in [1.807, 2.05) is 52.0 Å². The van der Waals surface area contributed by atoms with E-state index in [-0.39, 0.29) is 6.03 Å². The van der Waals surface area contributed by atoms with Gasteiger partial charge >= 0.3 is 12.1 Å². The van der Waals surface area contributed by atoms with Crippen LogP contribution in [0, 0.1) is 6.92 Å². The minimum absolute atomic E-state index is 0.0973. The van der Waals surface area contributed by atoms with Gasteiger partial charge in [0.15, 0.2) is 0 Å². The summed E-state index contributed by atoms with van der Waals surface area (Å²) in [6, 6.07) is 9.20. The van der Waals surface area contributed by atoms with Crippen molar-refractivity contribution in [1.29, 1.82) is 0 Å². The summed E-state index contributed by atoms with van der Waals surface area (Å²) in [4.78, 5) is 34.7. The van der Waals surface area contributed by atoms with Crippen molar-refractivity contribution in [1.82, 2.24) is 9.88 Å². The molecule has 1 aliphatic rings. The Morgan fingerprint density at radius 3 is 2.52 bits per heavy atom. The first-order valence-electron chi connectivity index (χ1n) is 10.1. The zero-order valence-corrected chi connectivity index (χ0v) is 19.2. The van der Waals surface area contributed by atoms with Gasteiger partial charge in [0.2, 0.25) is 0 Å². The van der Waals surface area contributed by atoms with Crippen LogP contribution in [0.3, 0.4) is 0 Å². The molecule has 3 amide bonds. The number of methoxy groups -OCH3 is 1. The number of anilines is 2. The number of ether oxygens (including phenoxy) is 2. The number of hydrogen-bond acceptors (Lipinski definition) is 5. The van der Waals surface area contributed by atoms with E-state index in [1.54, 1.807) is 37.1 Å². The Balaban J connectivity index is 2.00. The Morgan fingerprint density at radius 2 is 1.90 bits per heavy atom. The smallest absolute Gasteiger partial charge is 0.416 e. The van der Waals surface area contributed by atoms with Crippen molar-refractivity contribution in [2.75, 3.05) is 31.0 Å². The largest absolute Gasteiger partial charge is 0.497 e. The SMILES string of the molecule is COc1ccc(CN(C(=O)OC(C)(C)C)c2ccc3c(n2)CN(C)C(=O)N3C)c(C)c1. The van der Waals surface area contributed by atoms with Gasteiger partial charge in [-0.2, -0.15) is 0 Å². The van der Waals surface area contributed by atoms with E-state index in [1.165, 1.54) is 4.90 Å². The third-order valence-electron chi connectivity index (χ3n) is 5.07. The maximum atomic E-state index is 13.1. The van der Waals surface area contributed by atoms with Crippen LogP contribution in [0.5, 0.6) is 5.75 Å². The molecule has 0 aliphatic carbocycles. The molecule has 31 heavy (non-hydrogen) atoms. The molecule has 0 spiro atoms. The lowest BCUT2D eigenvalue weighted by Crippen LogP contribution is -2.43. The Hall–Kier alpha value is -3.29. The van der Waals surface area contributed by atoms with Gasteiger partial charge < -0.3 is 14.4 Å². The van der Waals surface area contributed by atoms with E-state index < -0.39 is 11.7 Å². The molecule has 0 saturated carbocycles. The number of fused-ring (bicyclic) bond motifs is 1. The lowest BCUT2D eigenvalue weighted by Gasteiger charge is -2.33. The van der Waals surface area contributed by atoms with E-state index in [2.05, 4.69) is 0 Å². The van der Waals surface area contributed by atoms with Gasteiger partial charge in [-0.25, -0.2) is 14.6 Å². The highest BCUT2D eigenvalue weighted by atomic mass is 16.6. The number of aryl methyl sites for hydroxylation is 1. The summed E-state index contributed by atoms with van der Waals surface area (Å²) < 4.78 is 11.0. The lowest BCUT2D eigenvalue weighted by atomic mass is 10.1. The predicted molar refractivity (Wildman–Crippen MR) is 120 cm³/mol. The van der Waals surface area contributed by atoms with Gasteiger partial charge in [0, 0.05) is 14.1 Å². The summed E-state index contributed by atoms with van der Waals surface area (Å²) in [5, 5.41) is 0. The van der Waals surface area contributed by atoms with E-state index in [9.17, 15) is 9.59 Å². The highest BCUT2D eigenvalue weighted by Gasteiger charge is 2.29. The van der Waals surface area contributed by atoms with E-state index in [0.29, 0.717) is 18.9 Å². The second-order valence-corrected chi connectivity index (χ2v) is 8.69. The van der Waals surface area contributed by atoms with E-state index in [4.69, 9.17) is 14.5 Å². The molecule has 0 unspecified atom stereocenters. The van der Waals surface area contributed by atoms with Crippen LogP contribution >= 0.6 is 0 Å². The van der Waals surface area contributed by atoms with Gasteiger partial charge in [-0.05, 0) is 63.1 Å². The maximum absolute atomic E-state index is 13.1. The van der Waals surface area contributed by atoms with Gasteiger partial charge in [-0.1, -0.05) is 6.07 Å². The zero-order valence-electron chi connectivity index (χ0n) is 19.2. The summed E-state index contributed by atoms with van der Waals surface area (Å²) in [6.45, 7) is 8.13. The fourth-order valence-corrected chi connectivity index (χ4v) is 3.41. The number of rotatable bonds is 4. The van der Waals surface area contributed by atoms with Gasteiger partial charge in [-0.15, -0.1) is 0 Å². The molecule has 3 rings (SSSR count). The number of hydrogen-bond donors (Lipinski definition) is 0. The first-order valence-corrected chi connectivity index (χ1v) is 10.1. The predicted octanol–water partition coefficient (Wildman–Crippen LogP) is 4.34. The normalized spacial score (nSPS) is 13.7. The number of amides is 3. The van der Waals surface area contributed by atoms with Crippen molar-refractivity contribution < 1.29 is 19.1 Å². The summed E-state index contributed by atoms with van der Waals surface area (Å²) in [5.41, 5.74) is 2.76. The van der Waals surface area contributed by atoms with Crippen molar-refractivity contribution in [3.63, 3.8) is 0 Å².